The molecule has 1 saturated heterocycles. The van der Waals surface area contributed by atoms with Crippen LogP contribution in [0.4, 0.5) is 0 Å². The van der Waals surface area contributed by atoms with E-state index in [4.69, 9.17) is 9.47 Å². The highest BCUT2D eigenvalue weighted by Gasteiger charge is 2.28. The van der Waals surface area contributed by atoms with Gasteiger partial charge in [-0.15, -0.1) is 0 Å². The maximum absolute atomic E-state index is 5.63. The Morgan fingerprint density at radius 3 is 2.08 bits per heavy atom. The fourth-order valence-electron chi connectivity index (χ4n) is 1.61. The summed E-state index contributed by atoms with van der Waals surface area (Å²) < 4.78 is 11.3. The number of rotatable bonds is 5. The molecule has 1 fully saturated rings. The molecule has 2 heteroatoms. The van der Waals surface area contributed by atoms with Crippen molar-refractivity contribution in [3.8, 4) is 0 Å². The lowest BCUT2D eigenvalue weighted by molar-refractivity contribution is -0.0681. The molecule has 0 bridgehead atoms. The van der Waals surface area contributed by atoms with E-state index in [9.17, 15) is 0 Å². The zero-order chi connectivity index (χ0) is 9.68. The highest BCUT2D eigenvalue weighted by atomic mass is 16.7. The van der Waals surface area contributed by atoms with E-state index in [2.05, 4.69) is 20.8 Å². The summed E-state index contributed by atoms with van der Waals surface area (Å²) in [4.78, 5) is 0. The monoisotopic (exact) mass is 186 g/mol. The largest absolute Gasteiger partial charge is 0.347 e. The molecule has 1 aliphatic heterocycles. The van der Waals surface area contributed by atoms with Crippen molar-refractivity contribution in [2.24, 2.45) is 0 Å². The van der Waals surface area contributed by atoms with Gasteiger partial charge in [0.15, 0.2) is 6.29 Å². The van der Waals surface area contributed by atoms with E-state index in [-0.39, 0.29) is 18.5 Å². The fraction of sp³-hybridized carbons (Fsp3) is 1.00. The molecule has 0 aromatic carbocycles. The maximum atomic E-state index is 5.63. The standard InChI is InChI=1S/C11H22O2/c1-4-5-6-7-8-11-12-9(2)10(3)13-11/h9-11H,4-8H2,1-3H3. The third kappa shape index (κ3) is 3.65. The predicted octanol–water partition coefficient (Wildman–Crippen LogP) is 3.11. The zero-order valence-electron chi connectivity index (χ0n) is 9.08. The second-order valence-corrected chi connectivity index (χ2v) is 3.96. The van der Waals surface area contributed by atoms with Crippen LogP contribution in [0.1, 0.15) is 52.9 Å². The Bertz CT molecular complexity index is 126. The first-order chi connectivity index (χ1) is 6.24. The number of ether oxygens (including phenoxy) is 2. The quantitative estimate of drug-likeness (QED) is 0.614. The highest BCUT2D eigenvalue weighted by molar-refractivity contribution is 4.69. The van der Waals surface area contributed by atoms with E-state index in [1.807, 2.05) is 0 Å². The Hall–Kier alpha value is -0.0800. The SMILES string of the molecule is CCCCCCC1OC(C)C(C)O1. The lowest BCUT2D eigenvalue weighted by Crippen LogP contribution is -2.13. The average molecular weight is 186 g/mol. The van der Waals surface area contributed by atoms with Crippen LogP contribution in [0, 0.1) is 0 Å². The summed E-state index contributed by atoms with van der Waals surface area (Å²) in [7, 11) is 0. The first-order valence-electron chi connectivity index (χ1n) is 5.55. The second kappa shape index (κ2) is 5.61. The fourth-order valence-corrected chi connectivity index (χ4v) is 1.61. The number of unbranched alkanes of at least 4 members (excludes halogenated alkanes) is 3. The van der Waals surface area contributed by atoms with Crippen LogP contribution in [-0.2, 0) is 9.47 Å². The molecule has 0 radical (unpaired) electrons. The molecule has 2 nitrogen and oxygen atoms in total. The Labute approximate surface area is 81.6 Å². The van der Waals surface area contributed by atoms with Crippen molar-refractivity contribution < 1.29 is 9.47 Å². The molecule has 0 aliphatic carbocycles. The summed E-state index contributed by atoms with van der Waals surface area (Å²) in [5.41, 5.74) is 0. The van der Waals surface area contributed by atoms with Gasteiger partial charge in [0, 0.05) is 0 Å². The van der Waals surface area contributed by atoms with E-state index in [0.717, 1.165) is 6.42 Å². The Morgan fingerprint density at radius 1 is 0.923 bits per heavy atom. The molecule has 2 unspecified atom stereocenters. The number of hydrogen-bond donors (Lipinski definition) is 0. The van der Waals surface area contributed by atoms with Crippen LogP contribution >= 0.6 is 0 Å². The van der Waals surface area contributed by atoms with E-state index < -0.39 is 0 Å². The Balaban J connectivity index is 2.03. The summed E-state index contributed by atoms with van der Waals surface area (Å²) >= 11 is 0. The molecule has 0 spiro atoms. The van der Waals surface area contributed by atoms with Gasteiger partial charge in [-0.25, -0.2) is 0 Å². The summed E-state index contributed by atoms with van der Waals surface area (Å²) in [6.07, 6.45) is 6.85. The molecule has 0 saturated carbocycles. The first kappa shape index (κ1) is 11.0. The molecular formula is C11H22O2. The Kier molecular flexibility index (Phi) is 4.74. The summed E-state index contributed by atoms with van der Waals surface area (Å²) in [6, 6.07) is 0. The molecule has 1 heterocycles. The van der Waals surface area contributed by atoms with Crippen molar-refractivity contribution in [2.45, 2.75) is 71.4 Å². The topological polar surface area (TPSA) is 18.5 Å². The summed E-state index contributed by atoms with van der Waals surface area (Å²) in [5.74, 6) is 0. The second-order valence-electron chi connectivity index (χ2n) is 3.96. The van der Waals surface area contributed by atoms with Crippen molar-refractivity contribution in [3.63, 3.8) is 0 Å². The van der Waals surface area contributed by atoms with Crippen molar-refractivity contribution >= 4 is 0 Å². The third-order valence-electron chi connectivity index (χ3n) is 2.69. The minimum atomic E-state index is 0.0712. The van der Waals surface area contributed by atoms with E-state index >= 15 is 0 Å². The molecule has 0 N–H and O–H groups in total. The van der Waals surface area contributed by atoms with Crippen molar-refractivity contribution in [3.05, 3.63) is 0 Å². The molecule has 78 valence electrons. The predicted molar refractivity (Wildman–Crippen MR) is 53.6 cm³/mol. The van der Waals surface area contributed by atoms with Crippen LogP contribution in [0.3, 0.4) is 0 Å². The van der Waals surface area contributed by atoms with Crippen LogP contribution in [0.25, 0.3) is 0 Å². The minimum Gasteiger partial charge on any atom is -0.347 e. The van der Waals surface area contributed by atoms with E-state index in [1.165, 1.54) is 25.7 Å². The average Bonchev–Trinajstić information content (AvgIpc) is 2.41. The van der Waals surface area contributed by atoms with Gasteiger partial charge in [0.25, 0.3) is 0 Å². The minimum absolute atomic E-state index is 0.0712. The van der Waals surface area contributed by atoms with Crippen molar-refractivity contribution in [1.29, 1.82) is 0 Å². The van der Waals surface area contributed by atoms with Crippen molar-refractivity contribution in [1.82, 2.24) is 0 Å². The first-order valence-corrected chi connectivity index (χ1v) is 5.55. The van der Waals surface area contributed by atoms with Crippen molar-refractivity contribution in [2.75, 3.05) is 0 Å². The molecule has 1 aliphatic rings. The lowest BCUT2D eigenvalue weighted by atomic mass is 10.1. The van der Waals surface area contributed by atoms with Crippen LogP contribution in [0.5, 0.6) is 0 Å². The highest BCUT2D eigenvalue weighted by Crippen LogP contribution is 2.22. The van der Waals surface area contributed by atoms with E-state index in [0.29, 0.717) is 0 Å². The van der Waals surface area contributed by atoms with Gasteiger partial charge in [-0.3, -0.25) is 0 Å². The molecule has 0 aromatic heterocycles. The van der Waals surface area contributed by atoms with Crippen LogP contribution < -0.4 is 0 Å². The van der Waals surface area contributed by atoms with E-state index in [1.54, 1.807) is 0 Å². The molecule has 13 heavy (non-hydrogen) atoms. The summed E-state index contributed by atoms with van der Waals surface area (Å²) in [6.45, 7) is 6.39. The Morgan fingerprint density at radius 2 is 1.54 bits per heavy atom. The molecule has 0 aromatic rings. The smallest absolute Gasteiger partial charge is 0.158 e. The molecule has 1 rings (SSSR count). The molecule has 2 atom stereocenters. The van der Waals surface area contributed by atoms with Crippen LogP contribution in [0.2, 0.25) is 0 Å². The van der Waals surface area contributed by atoms with Gasteiger partial charge in [0.2, 0.25) is 0 Å². The normalized spacial score (nSPS) is 33.9. The van der Waals surface area contributed by atoms with Gasteiger partial charge < -0.3 is 9.47 Å². The lowest BCUT2D eigenvalue weighted by Gasteiger charge is -2.08. The van der Waals surface area contributed by atoms with Gasteiger partial charge in [0.05, 0.1) is 12.2 Å². The number of hydrogen-bond acceptors (Lipinski definition) is 2. The van der Waals surface area contributed by atoms with Crippen LogP contribution in [0.15, 0.2) is 0 Å². The van der Waals surface area contributed by atoms with Gasteiger partial charge in [-0.05, 0) is 26.7 Å². The molecule has 0 amide bonds. The van der Waals surface area contributed by atoms with Gasteiger partial charge in [-0.1, -0.05) is 26.2 Å². The third-order valence-corrected chi connectivity index (χ3v) is 2.69. The maximum Gasteiger partial charge on any atom is 0.158 e. The summed E-state index contributed by atoms with van der Waals surface area (Å²) in [5, 5.41) is 0. The zero-order valence-corrected chi connectivity index (χ0v) is 9.08. The van der Waals surface area contributed by atoms with Gasteiger partial charge in [0.1, 0.15) is 0 Å². The van der Waals surface area contributed by atoms with Gasteiger partial charge >= 0.3 is 0 Å². The van der Waals surface area contributed by atoms with Gasteiger partial charge in [-0.2, -0.15) is 0 Å². The molecular weight excluding hydrogens is 164 g/mol. The van der Waals surface area contributed by atoms with Crippen LogP contribution in [-0.4, -0.2) is 18.5 Å².